The molecule has 6 heteroatoms. The van der Waals surface area contributed by atoms with E-state index in [1.165, 1.54) is 9.80 Å². The Kier molecular flexibility index (Phi) is 3.42. The van der Waals surface area contributed by atoms with Crippen molar-refractivity contribution in [1.29, 1.82) is 0 Å². The van der Waals surface area contributed by atoms with E-state index in [1.807, 2.05) is 0 Å². The molecule has 0 bridgehead atoms. The number of likely N-dealkylation sites (N-methyl/N-ethyl adjacent to an activating group) is 1. The molecule has 2 saturated heterocycles. The SMILES string of the molecule is CN1CCN(CC(=O)C2CCOC2)C(=O)C1=O. The molecule has 2 rings (SSSR count). The minimum absolute atomic E-state index is 0.00629. The van der Waals surface area contributed by atoms with E-state index in [0.717, 1.165) is 0 Å². The van der Waals surface area contributed by atoms with E-state index < -0.39 is 11.8 Å². The zero-order valence-corrected chi connectivity index (χ0v) is 9.85. The van der Waals surface area contributed by atoms with Crippen LogP contribution in [0.3, 0.4) is 0 Å². The number of piperazine rings is 1. The van der Waals surface area contributed by atoms with Crippen molar-refractivity contribution >= 4 is 17.6 Å². The number of hydrogen-bond donors (Lipinski definition) is 0. The molecule has 0 radical (unpaired) electrons. The first kappa shape index (κ1) is 12.0. The fraction of sp³-hybridized carbons (Fsp3) is 0.727. The monoisotopic (exact) mass is 240 g/mol. The van der Waals surface area contributed by atoms with Gasteiger partial charge < -0.3 is 14.5 Å². The van der Waals surface area contributed by atoms with Gasteiger partial charge in [0.2, 0.25) is 0 Å². The van der Waals surface area contributed by atoms with Gasteiger partial charge >= 0.3 is 11.8 Å². The van der Waals surface area contributed by atoms with E-state index in [-0.39, 0.29) is 18.2 Å². The van der Waals surface area contributed by atoms with Crippen LogP contribution in [0.5, 0.6) is 0 Å². The highest BCUT2D eigenvalue weighted by Crippen LogP contribution is 2.14. The van der Waals surface area contributed by atoms with Crippen molar-refractivity contribution in [1.82, 2.24) is 9.80 Å². The van der Waals surface area contributed by atoms with Crippen molar-refractivity contribution in [3.8, 4) is 0 Å². The third kappa shape index (κ3) is 2.46. The molecular weight excluding hydrogens is 224 g/mol. The molecule has 0 aromatic rings. The lowest BCUT2D eigenvalue weighted by Gasteiger charge is -2.31. The van der Waals surface area contributed by atoms with E-state index in [2.05, 4.69) is 0 Å². The quantitative estimate of drug-likeness (QED) is 0.587. The predicted molar refractivity (Wildman–Crippen MR) is 58.2 cm³/mol. The first-order valence-electron chi connectivity index (χ1n) is 5.74. The number of rotatable bonds is 3. The Morgan fingerprint density at radius 3 is 2.76 bits per heavy atom. The fourth-order valence-corrected chi connectivity index (χ4v) is 2.03. The molecule has 94 valence electrons. The summed E-state index contributed by atoms with van der Waals surface area (Å²) in [5.74, 6) is -1.23. The van der Waals surface area contributed by atoms with E-state index in [1.54, 1.807) is 7.05 Å². The molecule has 2 heterocycles. The second kappa shape index (κ2) is 4.83. The maximum Gasteiger partial charge on any atom is 0.312 e. The largest absolute Gasteiger partial charge is 0.381 e. The van der Waals surface area contributed by atoms with Crippen molar-refractivity contribution in [3.05, 3.63) is 0 Å². The second-order valence-corrected chi connectivity index (χ2v) is 4.48. The Hall–Kier alpha value is -1.43. The molecule has 1 unspecified atom stereocenters. The summed E-state index contributed by atoms with van der Waals surface area (Å²) in [4.78, 5) is 37.6. The molecule has 0 N–H and O–H groups in total. The number of ether oxygens (including phenoxy) is 1. The molecule has 1 atom stereocenters. The molecule has 0 saturated carbocycles. The van der Waals surface area contributed by atoms with Crippen LogP contribution in [0.1, 0.15) is 6.42 Å². The van der Waals surface area contributed by atoms with Gasteiger partial charge in [-0.3, -0.25) is 14.4 Å². The number of nitrogens with zero attached hydrogens (tertiary/aromatic N) is 2. The molecule has 0 spiro atoms. The van der Waals surface area contributed by atoms with E-state index in [9.17, 15) is 14.4 Å². The molecule has 2 aliphatic rings. The minimum atomic E-state index is -0.578. The molecule has 2 aliphatic heterocycles. The molecule has 2 fully saturated rings. The van der Waals surface area contributed by atoms with Crippen LogP contribution in [0.15, 0.2) is 0 Å². The van der Waals surface area contributed by atoms with Crippen LogP contribution in [0.25, 0.3) is 0 Å². The van der Waals surface area contributed by atoms with Gasteiger partial charge in [-0.15, -0.1) is 0 Å². The van der Waals surface area contributed by atoms with Gasteiger partial charge in [0.05, 0.1) is 13.2 Å². The average Bonchev–Trinajstić information content (AvgIpc) is 2.83. The van der Waals surface area contributed by atoms with Gasteiger partial charge in [-0.2, -0.15) is 0 Å². The van der Waals surface area contributed by atoms with Gasteiger partial charge in [-0.25, -0.2) is 0 Å². The Bertz CT molecular complexity index is 349. The predicted octanol–water partition coefficient (Wildman–Crippen LogP) is -1.11. The minimum Gasteiger partial charge on any atom is -0.381 e. The Morgan fingerprint density at radius 2 is 2.12 bits per heavy atom. The summed E-state index contributed by atoms with van der Waals surface area (Å²) >= 11 is 0. The van der Waals surface area contributed by atoms with Crippen LogP contribution in [0.4, 0.5) is 0 Å². The number of ketones is 1. The molecule has 0 aromatic carbocycles. The van der Waals surface area contributed by atoms with Crippen molar-refractivity contribution < 1.29 is 19.1 Å². The zero-order valence-electron chi connectivity index (χ0n) is 9.85. The standard InChI is InChI=1S/C11H16N2O4/c1-12-3-4-13(11(16)10(12)15)6-9(14)8-2-5-17-7-8/h8H,2-7H2,1H3. The highest BCUT2D eigenvalue weighted by atomic mass is 16.5. The Balaban J connectivity index is 1.92. The number of carbonyl (C=O) groups is 3. The summed E-state index contributed by atoms with van der Waals surface area (Å²) in [6.45, 7) is 1.99. The van der Waals surface area contributed by atoms with Crippen molar-refractivity contribution in [2.45, 2.75) is 6.42 Å². The zero-order chi connectivity index (χ0) is 12.4. The maximum atomic E-state index is 11.8. The van der Waals surface area contributed by atoms with E-state index in [0.29, 0.717) is 32.7 Å². The smallest absolute Gasteiger partial charge is 0.312 e. The first-order chi connectivity index (χ1) is 8.09. The summed E-state index contributed by atoms with van der Waals surface area (Å²) in [7, 11) is 1.59. The van der Waals surface area contributed by atoms with Gasteiger partial charge in [0, 0.05) is 32.7 Å². The van der Waals surface area contributed by atoms with Crippen LogP contribution in [-0.2, 0) is 19.1 Å². The first-order valence-corrected chi connectivity index (χ1v) is 5.74. The van der Waals surface area contributed by atoms with Crippen molar-refractivity contribution in [2.24, 2.45) is 5.92 Å². The summed E-state index contributed by atoms with van der Waals surface area (Å²) in [5.41, 5.74) is 0. The summed E-state index contributed by atoms with van der Waals surface area (Å²) in [5, 5.41) is 0. The molecule has 0 aliphatic carbocycles. The third-order valence-corrected chi connectivity index (χ3v) is 3.25. The van der Waals surface area contributed by atoms with Crippen molar-refractivity contribution in [3.63, 3.8) is 0 Å². The number of hydrogen-bond acceptors (Lipinski definition) is 4. The van der Waals surface area contributed by atoms with Gasteiger partial charge in [0.25, 0.3) is 0 Å². The lowest BCUT2D eigenvalue weighted by atomic mass is 10.0. The summed E-state index contributed by atoms with van der Waals surface area (Å²) in [6, 6.07) is 0. The average molecular weight is 240 g/mol. The lowest BCUT2D eigenvalue weighted by molar-refractivity contribution is -0.156. The topological polar surface area (TPSA) is 66.9 Å². The van der Waals surface area contributed by atoms with Crippen LogP contribution in [0, 0.1) is 5.92 Å². The normalized spacial score (nSPS) is 25.6. The van der Waals surface area contributed by atoms with Gasteiger partial charge in [-0.1, -0.05) is 0 Å². The summed E-state index contributed by atoms with van der Waals surface area (Å²) < 4.78 is 5.13. The number of amides is 2. The van der Waals surface area contributed by atoms with Gasteiger partial charge in [-0.05, 0) is 6.42 Å². The summed E-state index contributed by atoms with van der Waals surface area (Å²) in [6.07, 6.45) is 0.717. The molecule has 17 heavy (non-hydrogen) atoms. The maximum absolute atomic E-state index is 11.8. The molecule has 0 aromatic heterocycles. The molecule has 2 amide bonds. The Labute approximate surface area is 99.5 Å². The van der Waals surface area contributed by atoms with Gasteiger partial charge in [0.1, 0.15) is 0 Å². The van der Waals surface area contributed by atoms with Crippen LogP contribution >= 0.6 is 0 Å². The Morgan fingerprint density at radius 1 is 1.35 bits per heavy atom. The van der Waals surface area contributed by atoms with E-state index >= 15 is 0 Å². The molecular formula is C11H16N2O4. The molecule has 6 nitrogen and oxygen atoms in total. The second-order valence-electron chi connectivity index (χ2n) is 4.48. The van der Waals surface area contributed by atoms with E-state index in [4.69, 9.17) is 4.74 Å². The van der Waals surface area contributed by atoms with Crippen LogP contribution in [-0.4, -0.2) is 67.3 Å². The van der Waals surface area contributed by atoms with Crippen LogP contribution in [0.2, 0.25) is 0 Å². The third-order valence-electron chi connectivity index (χ3n) is 3.25. The number of carbonyl (C=O) groups excluding carboxylic acids is 3. The fourth-order valence-electron chi connectivity index (χ4n) is 2.03. The lowest BCUT2D eigenvalue weighted by Crippen LogP contribution is -2.54. The van der Waals surface area contributed by atoms with Crippen LogP contribution < -0.4 is 0 Å². The van der Waals surface area contributed by atoms with Crippen molar-refractivity contribution in [2.75, 3.05) is 39.9 Å². The van der Waals surface area contributed by atoms with Gasteiger partial charge in [0.15, 0.2) is 5.78 Å². The highest BCUT2D eigenvalue weighted by molar-refractivity contribution is 6.35. The number of Topliss-reactive ketones (excluding diaryl/α,β-unsaturated/α-hetero) is 1. The highest BCUT2D eigenvalue weighted by Gasteiger charge is 2.33.